The minimum Gasteiger partial charge on any atom is -0.323 e. The summed E-state index contributed by atoms with van der Waals surface area (Å²) in [4.78, 5) is 30.6. The van der Waals surface area contributed by atoms with Crippen LogP contribution in [0.1, 0.15) is 30.1 Å². The summed E-state index contributed by atoms with van der Waals surface area (Å²) in [5.74, 6) is 0.0653. The van der Waals surface area contributed by atoms with Crippen molar-refractivity contribution >= 4 is 23.2 Å². The molecule has 3 aromatic rings. The van der Waals surface area contributed by atoms with Crippen LogP contribution in [0.3, 0.4) is 0 Å². The van der Waals surface area contributed by atoms with Gasteiger partial charge in [-0.15, -0.1) is 11.3 Å². The smallest absolute Gasteiger partial charge is 0.323 e. The standard InChI is InChI=1S/C22H21N3O2S/c1-16(26)17-4-6-18(7-5-17)19-8-10-20(11-9-19)25-14-15-28-22(25)23-21(27)24-12-2-3-13-24/h4-11,14-15H,2-3,12-13H2,1H3/b23-22-. The van der Waals surface area contributed by atoms with Crippen LogP contribution in [0, 0.1) is 0 Å². The maximum atomic E-state index is 12.3. The average molecular weight is 391 g/mol. The fourth-order valence-corrected chi connectivity index (χ4v) is 4.04. The first-order chi connectivity index (χ1) is 13.6. The van der Waals surface area contributed by atoms with Gasteiger partial charge in [-0.1, -0.05) is 36.4 Å². The molecule has 1 saturated heterocycles. The molecule has 0 aliphatic carbocycles. The molecule has 1 aliphatic heterocycles. The van der Waals surface area contributed by atoms with Crippen molar-refractivity contribution in [2.24, 2.45) is 4.99 Å². The SMILES string of the molecule is CC(=O)c1ccc(-c2ccc(-n3ccs/c3=N\C(=O)N3CCCC3)cc2)cc1. The first-order valence-electron chi connectivity index (χ1n) is 9.33. The number of amides is 2. The van der Waals surface area contributed by atoms with Gasteiger partial charge in [0, 0.05) is 35.9 Å². The van der Waals surface area contributed by atoms with E-state index >= 15 is 0 Å². The molecule has 5 nitrogen and oxygen atoms in total. The maximum absolute atomic E-state index is 12.3. The second-order valence-electron chi connectivity index (χ2n) is 6.82. The van der Waals surface area contributed by atoms with Gasteiger partial charge in [0.25, 0.3) is 0 Å². The first kappa shape index (κ1) is 18.4. The van der Waals surface area contributed by atoms with E-state index in [1.54, 1.807) is 11.8 Å². The molecule has 4 rings (SSSR count). The van der Waals surface area contributed by atoms with Crippen molar-refractivity contribution in [3.63, 3.8) is 0 Å². The maximum Gasteiger partial charge on any atom is 0.346 e. The molecule has 28 heavy (non-hydrogen) atoms. The van der Waals surface area contributed by atoms with Gasteiger partial charge in [-0.05, 0) is 43.0 Å². The highest BCUT2D eigenvalue weighted by Crippen LogP contribution is 2.21. The highest BCUT2D eigenvalue weighted by Gasteiger charge is 2.17. The van der Waals surface area contributed by atoms with Gasteiger partial charge in [-0.2, -0.15) is 4.99 Å². The van der Waals surface area contributed by atoms with Gasteiger partial charge in [0.05, 0.1) is 0 Å². The summed E-state index contributed by atoms with van der Waals surface area (Å²) in [7, 11) is 0. The molecule has 0 saturated carbocycles. The lowest BCUT2D eigenvalue weighted by molar-refractivity contribution is 0.101. The van der Waals surface area contributed by atoms with Crippen LogP contribution >= 0.6 is 11.3 Å². The van der Waals surface area contributed by atoms with Crippen LogP contribution in [0.2, 0.25) is 0 Å². The molecule has 0 atom stereocenters. The average Bonchev–Trinajstić information content (AvgIpc) is 3.40. The third kappa shape index (κ3) is 3.82. The van der Waals surface area contributed by atoms with Gasteiger partial charge in [0.2, 0.25) is 0 Å². The Morgan fingerprint density at radius 3 is 2.14 bits per heavy atom. The zero-order valence-electron chi connectivity index (χ0n) is 15.7. The Bertz CT molecular complexity index is 1060. The Hall–Kier alpha value is -2.99. The van der Waals surface area contributed by atoms with Crippen molar-refractivity contribution in [3.05, 3.63) is 70.5 Å². The Morgan fingerprint density at radius 2 is 1.54 bits per heavy atom. The number of urea groups is 1. The number of hydrogen-bond acceptors (Lipinski definition) is 3. The van der Waals surface area contributed by atoms with Gasteiger partial charge in [-0.3, -0.25) is 9.36 Å². The number of hydrogen-bond donors (Lipinski definition) is 0. The highest BCUT2D eigenvalue weighted by atomic mass is 32.1. The molecule has 0 spiro atoms. The van der Waals surface area contributed by atoms with Crippen molar-refractivity contribution in [3.8, 4) is 16.8 Å². The van der Waals surface area contributed by atoms with E-state index in [1.165, 1.54) is 11.3 Å². The molecule has 6 heteroatoms. The summed E-state index contributed by atoms with van der Waals surface area (Å²) < 4.78 is 1.93. The minimum atomic E-state index is -0.157. The van der Waals surface area contributed by atoms with E-state index in [4.69, 9.17) is 0 Å². The molecule has 2 aromatic carbocycles. The largest absolute Gasteiger partial charge is 0.346 e. The van der Waals surface area contributed by atoms with Gasteiger partial charge in [-0.25, -0.2) is 4.79 Å². The Morgan fingerprint density at radius 1 is 0.929 bits per heavy atom. The number of aromatic nitrogens is 1. The fraction of sp³-hybridized carbons (Fsp3) is 0.227. The second-order valence-corrected chi connectivity index (χ2v) is 7.70. The van der Waals surface area contributed by atoms with E-state index in [9.17, 15) is 9.59 Å². The molecule has 0 bridgehead atoms. The van der Waals surface area contributed by atoms with Crippen LogP contribution in [0.4, 0.5) is 4.79 Å². The van der Waals surface area contributed by atoms with Gasteiger partial charge < -0.3 is 4.90 Å². The molecule has 0 radical (unpaired) electrons. The third-order valence-electron chi connectivity index (χ3n) is 4.93. The summed E-state index contributed by atoms with van der Waals surface area (Å²) in [6, 6.07) is 15.6. The molecule has 1 fully saturated rings. The summed E-state index contributed by atoms with van der Waals surface area (Å²) in [6.07, 6.45) is 4.04. The number of carbonyl (C=O) groups excluding carboxylic acids is 2. The lowest BCUT2D eigenvalue weighted by Gasteiger charge is -2.11. The van der Waals surface area contributed by atoms with Crippen LogP contribution in [0.25, 0.3) is 16.8 Å². The monoisotopic (exact) mass is 391 g/mol. The van der Waals surface area contributed by atoms with Crippen molar-refractivity contribution in [1.82, 2.24) is 9.47 Å². The molecule has 0 unspecified atom stereocenters. The van der Waals surface area contributed by atoms with E-state index in [0.717, 1.165) is 42.7 Å². The molecular weight excluding hydrogens is 370 g/mol. The predicted molar refractivity (Wildman–Crippen MR) is 111 cm³/mol. The second kappa shape index (κ2) is 7.94. The number of carbonyl (C=O) groups is 2. The summed E-state index contributed by atoms with van der Waals surface area (Å²) in [5, 5.41) is 1.94. The normalized spacial score (nSPS) is 14.5. The summed E-state index contributed by atoms with van der Waals surface area (Å²) in [6.45, 7) is 3.16. The lowest BCUT2D eigenvalue weighted by atomic mass is 10.0. The van der Waals surface area contributed by atoms with Gasteiger partial charge in [0.15, 0.2) is 10.6 Å². The van der Waals surface area contributed by atoms with Crippen LogP contribution in [0.5, 0.6) is 0 Å². The van der Waals surface area contributed by atoms with E-state index in [1.807, 2.05) is 64.7 Å². The number of thiazole rings is 1. The van der Waals surface area contributed by atoms with E-state index in [-0.39, 0.29) is 11.8 Å². The first-order valence-corrected chi connectivity index (χ1v) is 10.2. The minimum absolute atomic E-state index is 0.0653. The van der Waals surface area contributed by atoms with Crippen molar-refractivity contribution in [1.29, 1.82) is 0 Å². The predicted octanol–water partition coefficient (Wildman–Crippen LogP) is 4.52. The number of rotatable bonds is 3. The molecule has 0 N–H and O–H groups in total. The van der Waals surface area contributed by atoms with Crippen molar-refractivity contribution in [2.45, 2.75) is 19.8 Å². The molecule has 142 valence electrons. The number of ketones is 1. The van der Waals surface area contributed by atoms with Crippen LogP contribution in [0.15, 0.2) is 65.1 Å². The number of nitrogens with zero attached hydrogens (tertiary/aromatic N) is 3. The van der Waals surface area contributed by atoms with E-state index in [0.29, 0.717) is 10.4 Å². The molecule has 2 amide bonds. The van der Waals surface area contributed by atoms with Gasteiger partial charge >= 0.3 is 6.03 Å². The van der Waals surface area contributed by atoms with Crippen molar-refractivity contribution < 1.29 is 9.59 Å². The molecule has 1 aliphatic rings. The molecule has 2 heterocycles. The van der Waals surface area contributed by atoms with Crippen LogP contribution in [-0.4, -0.2) is 34.4 Å². The van der Waals surface area contributed by atoms with E-state index < -0.39 is 0 Å². The Kier molecular flexibility index (Phi) is 5.21. The lowest BCUT2D eigenvalue weighted by Crippen LogP contribution is -2.27. The zero-order valence-corrected chi connectivity index (χ0v) is 16.5. The summed E-state index contributed by atoms with van der Waals surface area (Å²) in [5.41, 5.74) is 3.80. The topological polar surface area (TPSA) is 54.7 Å². The zero-order chi connectivity index (χ0) is 19.5. The quantitative estimate of drug-likeness (QED) is 0.616. The number of likely N-dealkylation sites (tertiary alicyclic amines) is 1. The number of benzene rings is 2. The highest BCUT2D eigenvalue weighted by molar-refractivity contribution is 7.07. The number of Topliss-reactive ketones (excluding diaryl/α,β-unsaturated/α-hetero) is 1. The van der Waals surface area contributed by atoms with Crippen LogP contribution < -0.4 is 4.80 Å². The fourth-order valence-electron chi connectivity index (χ4n) is 3.32. The molecule has 1 aromatic heterocycles. The Balaban J connectivity index is 1.59. The third-order valence-corrected chi connectivity index (χ3v) is 5.68. The summed E-state index contributed by atoms with van der Waals surface area (Å²) >= 11 is 1.45. The van der Waals surface area contributed by atoms with Gasteiger partial charge in [0.1, 0.15) is 0 Å². The Labute approximate surface area is 167 Å². The van der Waals surface area contributed by atoms with Crippen molar-refractivity contribution in [2.75, 3.05) is 13.1 Å². The van der Waals surface area contributed by atoms with E-state index in [2.05, 4.69) is 4.99 Å². The molecular formula is C22H21N3O2S. The van der Waals surface area contributed by atoms with Crippen LogP contribution in [-0.2, 0) is 0 Å².